The van der Waals surface area contributed by atoms with Crippen LogP contribution in [-0.4, -0.2) is 73.4 Å². The summed E-state index contributed by atoms with van der Waals surface area (Å²) in [6.45, 7) is 8.65. The number of carbonyl (C=O) groups excluding carboxylic acids is 1. The molecule has 1 unspecified atom stereocenters. The van der Waals surface area contributed by atoms with E-state index in [9.17, 15) is 4.79 Å². The van der Waals surface area contributed by atoms with Gasteiger partial charge in [0.05, 0.1) is 5.25 Å². The minimum absolute atomic E-state index is 0.173. The highest BCUT2D eigenvalue weighted by atomic mass is 32.2. The number of aromatic nitrogens is 4. The minimum atomic E-state index is -0.183. The van der Waals surface area contributed by atoms with E-state index in [2.05, 4.69) is 27.0 Å². The summed E-state index contributed by atoms with van der Waals surface area (Å²) in [7, 11) is 1.92. The first-order valence-electron chi connectivity index (χ1n) is 8.57. The summed E-state index contributed by atoms with van der Waals surface area (Å²) < 4.78 is 1.92. The van der Waals surface area contributed by atoms with Gasteiger partial charge in [-0.2, -0.15) is 0 Å². The number of amides is 1. The molecule has 1 saturated heterocycles. The SMILES string of the molecule is CCN1CCN(C(=O)C(C)Sc2nnc(-c3cccnc3)n2C)CC1. The summed E-state index contributed by atoms with van der Waals surface area (Å²) in [6, 6.07) is 3.83. The summed E-state index contributed by atoms with van der Waals surface area (Å²) in [5.74, 6) is 0.929. The molecule has 25 heavy (non-hydrogen) atoms. The molecule has 0 aromatic carbocycles. The maximum absolute atomic E-state index is 12.7. The van der Waals surface area contributed by atoms with Gasteiger partial charge in [0, 0.05) is 51.2 Å². The number of hydrogen-bond donors (Lipinski definition) is 0. The Kier molecular flexibility index (Phi) is 5.70. The second-order valence-electron chi connectivity index (χ2n) is 6.13. The maximum atomic E-state index is 12.7. The van der Waals surface area contributed by atoms with Crippen molar-refractivity contribution in [3.8, 4) is 11.4 Å². The summed E-state index contributed by atoms with van der Waals surface area (Å²) in [6.07, 6.45) is 3.49. The Morgan fingerprint density at radius 3 is 2.68 bits per heavy atom. The number of pyridine rings is 1. The average Bonchev–Trinajstić information content (AvgIpc) is 3.02. The van der Waals surface area contributed by atoms with Crippen LogP contribution in [-0.2, 0) is 11.8 Å². The number of carbonyl (C=O) groups is 1. The van der Waals surface area contributed by atoms with Crippen molar-refractivity contribution < 1.29 is 4.79 Å². The van der Waals surface area contributed by atoms with Crippen molar-refractivity contribution in [2.45, 2.75) is 24.3 Å². The number of nitrogens with zero attached hydrogens (tertiary/aromatic N) is 6. The molecular formula is C17H24N6OS. The standard InChI is InChI=1S/C17H24N6OS/c1-4-22-8-10-23(11-9-22)16(24)13(2)25-17-20-19-15(21(17)3)14-6-5-7-18-12-14/h5-7,12-13H,4,8-11H2,1-3H3. The maximum Gasteiger partial charge on any atom is 0.235 e. The zero-order chi connectivity index (χ0) is 17.8. The monoisotopic (exact) mass is 360 g/mol. The van der Waals surface area contributed by atoms with E-state index in [1.807, 2.05) is 35.6 Å². The van der Waals surface area contributed by atoms with Gasteiger partial charge < -0.3 is 14.4 Å². The first kappa shape index (κ1) is 17.9. The lowest BCUT2D eigenvalue weighted by Crippen LogP contribution is -2.50. The number of hydrogen-bond acceptors (Lipinski definition) is 6. The third-order valence-corrected chi connectivity index (χ3v) is 5.64. The fraction of sp³-hybridized carbons (Fsp3) is 0.529. The molecule has 0 saturated carbocycles. The molecule has 0 radical (unpaired) electrons. The molecule has 0 aliphatic carbocycles. The molecule has 1 fully saturated rings. The second-order valence-corrected chi connectivity index (χ2v) is 7.43. The molecule has 0 spiro atoms. The zero-order valence-corrected chi connectivity index (χ0v) is 15.7. The van der Waals surface area contributed by atoms with Crippen molar-refractivity contribution in [2.75, 3.05) is 32.7 Å². The highest BCUT2D eigenvalue weighted by Crippen LogP contribution is 2.26. The van der Waals surface area contributed by atoms with Crippen molar-refractivity contribution in [3.05, 3.63) is 24.5 Å². The molecule has 0 bridgehead atoms. The predicted molar refractivity (Wildman–Crippen MR) is 98.2 cm³/mol. The van der Waals surface area contributed by atoms with Crippen molar-refractivity contribution in [3.63, 3.8) is 0 Å². The van der Waals surface area contributed by atoms with Gasteiger partial charge in [-0.05, 0) is 25.6 Å². The van der Waals surface area contributed by atoms with Gasteiger partial charge in [0.25, 0.3) is 0 Å². The molecule has 1 aliphatic rings. The van der Waals surface area contributed by atoms with E-state index in [1.54, 1.807) is 12.4 Å². The molecule has 3 rings (SSSR count). The van der Waals surface area contributed by atoms with E-state index in [0.29, 0.717) is 0 Å². The number of likely N-dealkylation sites (N-methyl/N-ethyl adjacent to an activating group) is 1. The first-order valence-corrected chi connectivity index (χ1v) is 9.45. The number of piperazine rings is 1. The molecule has 7 nitrogen and oxygen atoms in total. The van der Waals surface area contributed by atoms with Crippen LogP contribution < -0.4 is 0 Å². The van der Waals surface area contributed by atoms with Crippen LogP contribution >= 0.6 is 11.8 Å². The van der Waals surface area contributed by atoms with Crippen LogP contribution in [0.25, 0.3) is 11.4 Å². The lowest BCUT2D eigenvalue weighted by Gasteiger charge is -2.35. The van der Waals surface area contributed by atoms with E-state index >= 15 is 0 Å². The smallest absolute Gasteiger partial charge is 0.235 e. The average molecular weight is 360 g/mol. The van der Waals surface area contributed by atoms with Crippen LogP contribution in [0.4, 0.5) is 0 Å². The lowest BCUT2D eigenvalue weighted by atomic mass is 10.3. The Bertz CT molecular complexity index is 711. The van der Waals surface area contributed by atoms with Crippen molar-refractivity contribution in [1.29, 1.82) is 0 Å². The van der Waals surface area contributed by atoms with Crippen molar-refractivity contribution in [2.24, 2.45) is 7.05 Å². The topological polar surface area (TPSA) is 67.2 Å². The molecule has 1 amide bonds. The molecule has 2 aromatic rings. The molecule has 8 heteroatoms. The lowest BCUT2D eigenvalue weighted by molar-refractivity contribution is -0.132. The summed E-state index contributed by atoms with van der Waals surface area (Å²) >= 11 is 1.46. The third kappa shape index (κ3) is 4.01. The predicted octanol–water partition coefficient (Wildman–Crippen LogP) is 1.52. The van der Waals surface area contributed by atoms with Crippen LogP contribution in [0.1, 0.15) is 13.8 Å². The number of thioether (sulfide) groups is 1. The summed E-state index contributed by atoms with van der Waals surface area (Å²) in [4.78, 5) is 21.2. The van der Waals surface area contributed by atoms with Gasteiger partial charge in [0.1, 0.15) is 0 Å². The normalized spacial score (nSPS) is 16.8. The molecule has 3 heterocycles. The third-order valence-electron chi connectivity index (χ3n) is 4.52. The molecule has 1 aliphatic heterocycles. The summed E-state index contributed by atoms with van der Waals surface area (Å²) in [5, 5.41) is 9.07. The molecule has 0 N–H and O–H groups in total. The largest absolute Gasteiger partial charge is 0.339 e. The van der Waals surface area contributed by atoms with Gasteiger partial charge in [-0.25, -0.2) is 0 Å². The second kappa shape index (κ2) is 7.97. The molecular weight excluding hydrogens is 336 g/mol. The Labute approximate surface area is 152 Å². The van der Waals surface area contributed by atoms with Gasteiger partial charge in [0.2, 0.25) is 5.91 Å². The van der Waals surface area contributed by atoms with Crippen LogP contribution in [0.2, 0.25) is 0 Å². The first-order chi connectivity index (χ1) is 12.1. The van der Waals surface area contributed by atoms with Gasteiger partial charge in [-0.1, -0.05) is 18.7 Å². The molecule has 2 aromatic heterocycles. The van der Waals surface area contributed by atoms with E-state index in [1.165, 1.54) is 11.8 Å². The summed E-state index contributed by atoms with van der Waals surface area (Å²) in [5.41, 5.74) is 0.916. The molecule has 1 atom stereocenters. The Morgan fingerprint density at radius 1 is 1.28 bits per heavy atom. The number of rotatable bonds is 5. The molecule has 134 valence electrons. The van der Waals surface area contributed by atoms with Crippen LogP contribution in [0, 0.1) is 0 Å². The quantitative estimate of drug-likeness (QED) is 0.753. The van der Waals surface area contributed by atoms with E-state index in [4.69, 9.17) is 0 Å². The van der Waals surface area contributed by atoms with Gasteiger partial charge in [-0.3, -0.25) is 9.78 Å². The van der Waals surface area contributed by atoms with Gasteiger partial charge >= 0.3 is 0 Å². The minimum Gasteiger partial charge on any atom is -0.339 e. The zero-order valence-electron chi connectivity index (χ0n) is 14.9. The Hall–Kier alpha value is -1.93. The van der Waals surface area contributed by atoms with Gasteiger partial charge in [-0.15, -0.1) is 10.2 Å². The fourth-order valence-corrected chi connectivity index (χ4v) is 3.81. The van der Waals surface area contributed by atoms with Crippen LogP contribution in [0.15, 0.2) is 29.7 Å². The fourth-order valence-electron chi connectivity index (χ4n) is 2.91. The van der Waals surface area contributed by atoms with Crippen LogP contribution in [0.5, 0.6) is 0 Å². The van der Waals surface area contributed by atoms with Crippen LogP contribution in [0.3, 0.4) is 0 Å². The Morgan fingerprint density at radius 2 is 2.04 bits per heavy atom. The van der Waals surface area contributed by atoms with E-state index in [-0.39, 0.29) is 11.2 Å². The van der Waals surface area contributed by atoms with E-state index < -0.39 is 0 Å². The van der Waals surface area contributed by atoms with Crippen molar-refractivity contribution >= 4 is 17.7 Å². The van der Waals surface area contributed by atoms with Gasteiger partial charge in [0.15, 0.2) is 11.0 Å². The highest BCUT2D eigenvalue weighted by Gasteiger charge is 2.26. The van der Waals surface area contributed by atoms with E-state index in [0.717, 1.165) is 49.3 Å². The van der Waals surface area contributed by atoms with Crippen molar-refractivity contribution in [1.82, 2.24) is 29.5 Å². The Balaban J connectivity index is 1.64. The highest BCUT2D eigenvalue weighted by molar-refractivity contribution is 8.00.